The maximum atomic E-state index is 13.5. The second-order valence-electron chi connectivity index (χ2n) is 5.06. The third-order valence-electron chi connectivity index (χ3n) is 3.32. The molecule has 1 rings (SSSR count). The molecule has 0 aromatic heterocycles. The maximum Gasteiger partial charge on any atom is 0.335 e. The molecule has 0 radical (unpaired) electrons. The molecule has 112 valence electrons. The van der Waals surface area contributed by atoms with Gasteiger partial charge < -0.3 is 10.4 Å². The molecule has 3 nitrogen and oxygen atoms in total. The molecule has 0 atom stereocenters. The number of carbonyl (C=O) groups is 1. The number of aromatic carboxylic acids is 1. The number of carboxylic acids is 1. The van der Waals surface area contributed by atoms with Crippen LogP contribution in [0.3, 0.4) is 0 Å². The Balaban J connectivity index is 2.24. The van der Waals surface area contributed by atoms with E-state index in [1.54, 1.807) is 0 Å². The molecule has 1 aromatic rings. The SMILES string of the molecule is CCCCCCCCNCc1cc(C(=O)O)ccc1F. The minimum absolute atomic E-state index is 0.128. The van der Waals surface area contributed by atoms with E-state index in [9.17, 15) is 9.18 Å². The fourth-order valence-electron chi connectivity index (χ4n) is 2.10. The van der Waals surface area contributed by atoms with Gasteiger partial charge in [-0.2, -0.15) is 0 Å². The lowest BCUT2D eigenvalue weighted by molar-refractivity contribution is 0.0696. The van der Waals surface area contributed by atoms with Gasteiger partial charge in [-0.05, 0) is 31.2 Å². The van der Waals surface area contributed by atoms with Crippen LogP contribution in [-0.2, 0) is 6.54 Å². The lowest BCUT2D eigenvalue weighted by Gasteiger charge is -2.07. The highest BCUT2D eigenvalue weighted by Gasteiger charge is 2.07. The van der Waals surface area contributed by atoms with E-state index in [2.05, 4.69) is 12.2 Å². The number of unbranched alkanes of at least 4 members (excludes halogenated alkanes) is 5. The quantitative estimate of drug-likeness (QED) is 0.638. The Bertz CT molecular complexity index is 421. The average molecular weight is 281 g/mol. The van der Waals surface area contributed by atoms with Crippen molar-refractivity contribution < 1.29 is 14.3 Å². The van der Waals surface area contributed by atoms with Crippen LogP contribution >= 0.6 is 0 Å². The summed E-state index contributed by atoms with van der Waals surface area (Å²) < 4.78 is 13.5. The van der Waals surface area contributed by atoms with Crippen LogP contribution in [0.15, 0.2) is 18.2 Å². The lowest BCUT2D eigenvalue weighted by atomic mass is 10.1. The number of hydrogen-bond acceptors (Lipinski definition) is 2. The second-order valence-corrected chi connectivity index (χ2v) is 5.06. The topological polar surface area (TPSA) is 49.3 Å². The summed E-state index contributed by atoms with van der Waals surface area (Å²) in [5, 5.41) is 12.0. The molecular weight excluding hydrogens is 257 g/mol. The fourth-order valence-corrected chi connectivity index (χ4v) is 2.10. The summed E-state index contributed by atoms with van der Waals surface area (Å²) in [6, 6.07) is 3.89. The molecule has 0 saturated heterocycles. The predicted octanol–water partition coefficient (Wildman–Crippen LogP) is 3.97. The van der Waals surface area contributed by atoms with Crippen molar-refractivity contribution in [3.63, 3.8) is 0 Å². The van der Waals surface area contributed by atoms with E-state index >= 15 is 0 Å². The van der Waals surface area contributed by atoms with Gasteiger partial charge in [0.25, 0.3) is 0 Å². The van der Waals surface area contributed by atoms with Crippen molar-refractivity contribution >= 4 is 5.97 Å². The van der Waals surface area contributed by atoms with Gasteiger partial charge in [-0.15, -0.1) is 0 Å². The zero-order valence-corrected chi connectivity index (χ0v) is 12.1. The van der Waals surface area contributed by atoms with Crippen LogP contribution in [0.4, 0.5) is 4.39 Å². The zero-order chi connectivity index (χ0) is 14.8. The first-order valence-electron chi connectivity index (χ1n) is 7.37. The maximum absolute atomic E-state index is 13.5. The highest BCUT2D eigenvalue weighted by atomic mass is 19.1. The van der Waals surface area contributed by atoms with E-state index < -0.39 is 5.97 Å². The highest BCUT2D eigenvalue weighted by molar-refractivity contribution is 5.87. The van der Waals surface area contributed by atoms with Gasteiger partial charge in [-0.3, -0.25) is 0 Å². The van der Waals surface area contributed by atoms with E-state index in [1.807, 2.05) is 0 Å². The van der Waals surface area contributed by atoms with Gasteiger partial charge in [0.05, 0.1) is 5.56 Å². The Kier molecular flexibility index (Phi) is 7.88. The molecule has 0 unspecified atom stereocenters. The van der Waals surface area contributed by atoms with E-state index in [0.29, 0.717) is 12.1 Å². The molecule has 0 spiro atoms. The molecule has 4 heteroatoms. The van der Waals surface area contributed by atoms with Crippen LogP contribution in [0.5, 0.6) is 0 Å². The number of nitrogens with one attached hydrogen (secondary N) is 1. The van der Waals surface area contributed by atoms with E-state index in [4.69, 9.17) is 5.11 Å². The first kappa shape index (κ1) is 16.6. The number of carboxylic acid groups (broad SMARTS) is 1. The Morgan fingerprint density at radius 3 is 2.60 bits per heavy atom. The number of rotatable bonds is 10. The van der Waals surface area contributed by atoms with Crippen molar-refractivity contribution in [3.05, 3.63) is 35.1 Å². The van der Waals surface area contributed by atoms with Gasteiger partial charge in [0.2, 0.25) is 0 Å². The minimum Gasteiger partial charge on any atom is -0.478 e. The molecule has 20 heavy (non-hydrogen) atoms. The Morgan fingerprint density at radius 1 is 1.20 bits per heavy atom. The number of benzene rings is 1. The molecule has 0 aliphatic rings. The first-order chi connectivity index (χ1) is 9.65. The van der Waals surface area contributed by atoms with E-state index in [0.717, 1.165) is 13.0 Å². The minimum atomic E-state index is -1.03. The van der Waals surface area contributed by atoms with Crippen molar-refractivity contribution in [1.29, 1.82) is 0 Å². The van der Waals surface area contributed by atoms with Crippen LogP contribution in [0.25, 0.3) is 0 Å². The molecule has 0 heterocycles. The van der Waals surface area contributed by atoms with Crippen molar-refractivity contribution in [1.82, 2.24) is 5.32 Å². The standard InChI is InChI=1S/C16H24FNO2/c1-2-3-4-5-6-7-10-18-12-14-11-13(16(19)20)8-9-15(14)17/h8-9,11,18H,2-7,10,12H2,1H3,(H,19,20). The Labute approximate surface area is 120 Å². The van der Waals surface area contributed by atoms with Crippen molar-refractivity contribution in [2.45, 2.75) is 52.0 Å². The molecule has 0 aliphatic heterocycles. The molecule has 2 N–H and O–H groups in total. The molecule has 0 saturated carbocycles. The molecule has 0 aliphatic carbocycles. The van der Waals surface area contributed by atoms with Crippen LogP contribution in [0.2, 0.25) is 0 Å². The van der Waals surface area contributed by atoms with Crippen LogP contribution in [0, 0.1) is 5.82 Å². The van der Waals surface area contributed by atoms with E-state index in [-0.39, 0.29) is 11.4 Å². The third-order valence-corrected chi connectivity index (χ3v) is 3.32. The van der Waals surface area contributed by atoms with Gasteiger partial charge in [-0.25, -0.2) is 9.18 Å². The number of halogens is 1. The Hall–Kier alpha value is -1.42. The molecular formula is C16H24FNO2. The number of hydrogen-bond donors (Lipinski definition) is 2. The fraction of sp³-hybridized carbons (Fsp3) is 0.562. The van der Waals surface area contributed by atoms with E-state index in [1.165, 1.54) is 50.3 Å². The third kappa shape index (κ3) is 6.15. The molecule has 0 fully saturated rings. The van der Waals surface area contributed by atoms with Crippen LogP contribution < -0.4 is 5.32 Å². The summed E-state index contributed by atoms with van der Waals surface area (Å²) in [6.45, 7) is 3.41. The van der Waals surface area contributed by atoms with Gasteiger partial charge >= 0.3 is 5.97 Å². The van der Waals surface area contributed by atoms with Crippen LogP contribution in [-0.4, -0.2) is 17.6 Å². The average Bonchev–Trinajstić information content (AvgIpc) is 2.43. The largest absolute Gasteiger partial charge is 0.478 e. The second kappa shape index (κ2) is 9.48. The lowest BCUT2D eigenvalue weighted by Crippen LogP contribution is -2.16. The summed E-state index contributed by atoms with van der Waals surface area (Å²) >= 11 is 0. The van der Waals surface area contributed by atoms with Gasteiger partial charge in [0.1, 0.15) is 5.82 Å². The van der Waals surface area contributed by atoms with Crippen molar-refractivity contribution in [2.24, 2.45) is 0 Å². The zero-order valence-electron chi connectivity index (χ0n) is 12.1. The predicted molar refractivity (Wildman–Crippen MR) is 78.4 cm³/mol. The highest BCUT2D eigenvalue weighted by Crippen LogP contribution is 2.11. The molecule has 1 aromatic carbocycles. The van der Waals surface area contributed by atoms with Crippen LogP contribution in [0.1, 0.15) is 61.4 Å². The van der Waals surface area contributed by atoms with Gasteiger partial charge in [-0.1, -0.05) is 39.0 Å². The Morgan fingerprint density at radius 2 is 1.90 bits per heavy atom. The molecule has 0 amide bonds. The summed E-state index contributed by atoms with van der Waals surface area (Å²) in [5.41, 5.74) is 0.540. The van der Waals surface area contributed by atoms with Crippen molar-refractivity contribution in [2.75, 3.05) is 6.54 Å². The van der Waals surface area contributed by atoms with Gasteiger partial charge in [0, 0.05) is 12.1 Å². The monoisotopic (exact) mass is 281 g/mol. The smallest absolute Gasteiger partial charge is 0.335 e. The molecule has 0 bridgehead atoms. The first-order valence-corrected chi connectivity index (χ1v) is 7.37. The summed E-state index contributed by atoms with van der Waals surface area (Å²) in [6.07, 6.45) is 7.33. The summed E-state index contributed by atoms with van der Waals surface area (Å²) in [7, 11) is 0. The normalized spacial score (nSPS) is 10.7. The van der Waals surface area contributed by atoms with Gasteiger partial charge in [0.15, 0.2) is 0 Å². The summed E-state index contributed by atoms with van der Waals surface area (Å²) in [5.74, 6) is -1.38. The summed E-state index contributed by atoms with van der Waals surface area (Å²) in [4.78, 5) is 10.8. The van der Waals surface area contributed by atoms with Crippen molar-refractivity contribution in [3.8, 4) is 0 Å².